The van der Waals surface area contributed by atoms with Crippen molar-refractivity contribution >= 4 is 28.1 Å². The largest absolute Gasteiger partial charge is 0.355 e. The second-order valence-corrected chi connectivity index (χ2v) is 8.62. The molecule has 0 unspecified atom stereocenters. The number of hydrogen-bond donors (Lipinski definition) is 0. The molecule has 0 bridgehead atoms. The molecule has 0 aliphatic carbocycles. The standard InChI is InChI=1S/C22H21FN4S/c1-15-2-6-21(28-15)19-5-7-22(25-24-19)26-11-9-18(10-12-26)27-13-8-16-3-4-17(23)14-20(16)27/h2-8,13-14,18H,9-12H2,1H3. The van der Waals surface area contributed by atoms with Crippen molar-refractivity contribution in [1.29, 1.82) is 0 Å². The molecule has 3 aromatic heterocycles. The molecule has 1 aliphatic heterocycles. The molecule has 0 spiro atoms. The molecule has 4 nitrogen and oxygen atoms in total. The zero-order chi connectivity index (χ0) is 19.1. The van der Waals surface area contributed by atoms with Crippen LogP contribution in [0, 0.1) is 12.7 Å². The summed E-state index contributed by atoms with van der Waals surface area (Å²) in [7, 11) is 0. The first-order valence-corrected chi connectivity index (χ1v) is 10.4. The van der Waals surface area contributed by atoms with Crippen LogP contribution in [-0.4, -0.2) is 27.9 Å². The highest BCUT2D eigenvalue weighted by Crippen LogP contribution is 2.31. The highest BCUT2D eigenvalue weighted by atomic mass is 32.1. The maximum Gasteiger partial charge on any atom is 0.151 e. The summed E-state index contributed by atoms with van der Waals surface area (Å²) in [6.07, 6.45) is 4.10. The van der Waals surface area contributed by atoms with Gasteiger partial charge in [0.05, 0.1) is 10.4 Å². The molecular formula is C22H21FN4S. The first kappa shape index (κ1) is 17.4. The van der Waals surface area contributed by atoms with E-state index >= 15 is 0 Å². The van der Waals surface area contributed by atoms with Crippen LogP contribution < -0.4 is 4.90 Å². The van der Waals surface area contributed by atoms with Crippen LogP contribution >= 0.6 is 11.3 Å². The fraction of sp³-hybridized carbons (Fsp3) is 0.273. The Morgan fingerprint density at radius 3 is 2.57 bits per heavy atom. The van der Waals surface area contributed by atoms with Crippen LogP contribution in [-0.2, 0) is 0 Å². The number of hydrogen-bond acceptors (Lipinski definition) is 4. The first-order valence-electron chi connectivity index (χ1n) is 9.59. The predicted molar refractivity (Wildman–Crippen MR) is 112 cm³/mol. The second kappa shape index (κ2) is 7.02. The first-order chi connectivity index (χ1) is 13.7. The Hall–Kier alpha value is -2.73. The number of rotatable bonds is 3. The van der Waals surface area contributed by atoms with Crippen LogP contribution in [0.1, 0.15) is 23.8 Å². The summed E-state index contributed by atoms with van der Waals surface area (Å²) in [6, 6.07) is 15.8. The fourth-order valence-corrected chi connectivity index (χ4v) is 4.84. The number of thiophene rings is 1. The minimum Gasteiger partial charge on any atom is -0.355 e. The summed E-state index contributed by atoms with van der Waals surface area (Å²) in [4.78, 5) is 4.72. The Bertz CT molecular complexity index is 1110. The van der Waals surface area contributed by atoms with E-state index in [-0.39, 0.29) is 5.82 Å². The molecule has 142 valence electrons. The van der Waals surface area contributed by atoms with E-state index in [9.17, 15) is 4.39 Å². The third kappa shape index (κ3) is 3.18. The summed E-state index contributed by atoms with van der Waals surface area (Å²) in [5.74, 6) is 0.750. The Labute approximate surface area is 167 Å². The van der Waals surface area contributed by atoms with Gasteiger partial charge in [0.15, 0.2) is 5.82 Å². The van der Waals surface area contributed by atoms with E-state index < -0.39 is 0 Å². The van der Waals surface area contributed by atoms with Crippen molar-refractivity contribution in [2.24, 2.45) is 0 Å². The van der Waals surface area contributed by atoms with E-state index in [1.165, 1.54) is 10.9 Å². The Morgan fingerprint density at radius 2 is 1.86 bits per heavy atom. The molecular weight excluding hydrogens is 371 g/mol. The van der Waals surface area contributed by atoms with Gasteiger partial charge in [0.2, 0.25) is 0 Å². The molecule has 1 aromatic carbocycles. The number of aryl methyl sites for hydroxylation is 1. The van der Waals surface area contributed by atoms with Gasteiger partial charge in [-0.15, -0.1) is 21.5 Å². The zero-order valence-electron chi connectivity index (χ0n) is 15.7. The Morgan fingerprint density at radius 1 is 1.00 bits per heavy atom. The highest BCUT2D eigenvalue weighted by Gasteiger charge is 2.22. The van der Waals surface area contributed by atoms with Gasteiger partial charge >= 0.3 is 0 Å². The summed E-state index contributed by atoms with van der Waals surface area (Å²) >= 11 is 1.74. The maximum atomic E-state index is 13.7. The van der Waals surface area contributed by atoms with Crippen LogP contribution in [0.3, 0.4) is 0 Å². The van der Waals surface area contributed by atoms with Crippen LogP contribution in [0.15, 0.2) is 54.7 Å². The predicted octanol–water partition coefficient (Wildman–Crippen LogP) is 5.45. The van der Waals surface area contributed by atoms with Crippen molar-refractivity contribution in [2.45, 2.75) is 25.8 Å². The lowest BCUT2D eigenvalue weighted by atomic mass is 10.0. The van der Waals surface area contributed by atoms with Crippen molar-refractivity contribution in [3.63, 3.8) is 0 Å². The third-order valence-corrected chi connectivity index (χ3v) is 6.53. The van der Waals surface area contributed by atoms with Gasteiger partial charge < -0.3 is 9.47 Å². The zero-order valence-corrected chi connectivity index (χ0v) is 16.5. The molecule has 1 saturated heterocycles. The molecule has 4 aromatic rings. The summed E-state index contributed by atoms with van der Waals surface area (Å²) in [5.41, 5.74) is 1.91. The van der Waals surface area contributed by atoms with Crippen molar-refractivity contribution in [1.82, 2.24) is 14.8 Å². The molecule has 0 amide bonds. The number of benzene rings is 1. The van der Waals surface area contributed by atoms with Crippen molar-refractivity contribution in [3.05, 3.63) is 65.4 Å². The van der Waals surface area contributed by atoms with Gasteiger partial charge in [-0.2, -0.15) is 0 Å². The average molecular weight is 393 g/mol. The quantitative estimate of drug-likeness (QED) is 0.465. The van der Waals surface area contributed by atoms with E-state index in [0.717, 1.165) is 53.2 Å². The molecule has 1 aliphatic rings. The van der Waals surface area contributed by atoms with E-state index in [2.05, 4.69) is 63.1 Å². The molecule has 0 radical (unpaired) electrons. The number of piperidine rings is 1. The van der Waals surface area contributed by atoms with Crippen molar-refractivity contribution in [3.8, 4) is 10.6 Å². The highest BCUT2D eigenvalue weighted by molar-refractivity contribution is 7.15. The molecule has 0 saturated carbocycles. The van der Waals surface area contributed by atoms with Gasteiger partial charge in [0.25, 0.3) is 0 Å². The number of nitrogens with zero attached hydrogens (tertiary/aromatic N) is 4. The van der Waals surface area contributed by atoms with Gasteiger partial charge in [0.1, 0.15) is 11.5 Å². The van der Waals surface area contributed by atoms with Crippen molar-refractivity contribution in [2.75, 3.05) is 18.0 Å². The number of halogens is 1. The molecule has 4 heterocycles. The molecule has 6 heteroatoms. The van der Waals surface area contributed by atoms with E-state index in [1.807, 2.05) is 6.07 Å². The average Bonchev–Trinajstić information content (AvgIpc) is 3.34. The van der Waals surface area contributed by atoms with Crippen LogP contribution in [0.5, 0.6) is 0 Å². The molecule has 0 N–H and O–H groups in total. The number of anilines is 1. The van der Waals surface area contributed by atoms with E-state index in [4.69, 9.17) is 0 Å². The minimum atomic E-state index is -0.179. The van der Waals surface area contributed by atoms with E-state index in [1.54, 1.807) is 17.4 Å². The van der Waals surface area contributed by atoms with Gasteiger partial charge in [-0.1, -0.05) is 0 Å². The summed E-state index contributed by atoms with van der Waals surface area (Å²) in [6.45, 7) is 3.94. The number of fused-ring (bicyclic) bond motifs is 1. The van der Waals surface area contributed by atoms with Crippen LogP contribution in [0.2, 0.25) is 0 Å². The number of aromatic nitrogens is 3. The topological polar surface area (TPSA) is 34.0 Å². The lowest BCUT2D eigenvalue weighted by Crippen LogP contribution is -2.35. The van der Waals surface area contributed by atoms with Crippen molar-refractivity contribution < 1.29 is 4.39 Å². The lowest BCUT2D eigenvalue weighted by molar-refractivity contribution is 0.403. The molecule has 1 fully saturated rings. The van der Waals surface area contributed by atoms with Gasteiger partial charge in [-0.05, 0) is 73.7 Å². The van der Waals surface area contributed by atoms with Crippen LogP contribution in [0.4, 0.5) is 10.2 Å². The SMILES string of the molecule is Cc1ccc(-c2ccc(N3CCC(n4ccc5ccc(F)cc54)CC3)nn2)s1. The summed E-state index contributed by atoms with van der Waals surface area (Å²) < 4.78 is 15.9. The van der Waals surface area contributed by atoms with E-state index in [0.29, 0.717) is 6.04 Å². The molecule has 28 heavy (non-hydrogen) atoms. The lowest BCUT2D eigenvalue weighted by Gasteiger charge is -2.33. The minimum absolute atomic E-state index is 0.179. The smallest absolute Gasteiger partial charge is 0.151 e. The maximum absolute atomic E-state index is 13.7. The third-order valence-electron chi connectivity index (χ3n) is 5.51. The van der Waals surface area contributed by atoms with Crippen LogP contribution in [0.25, 0.3) is 21.5 Å². The Balaban J connectivity index is 1.29. The normalized spacial score (nSPS) is 15.4. The Kier molecular flexibility index (Phi) is 4.36. The van der Waals surface area contributed by atoms with Gasteiger partial charge in [-0.3, -0.25) is 0 Å². The monoisotopic (exact) mass is 392 g/mol. The molecule has 5 rings (SSSR count). The molecule has 0 atom stereocenters. The van der Waals surface area contributed by atoms with Gasteiger partial charge in [0, 0.05) is 30.2 Å². The summed E-state index contributed by atoms with van der Waals surface area (Å²) in [5, 5.41) is 9.98. The van der Waals surface area contributed by atoms with Gasteiger partial charge in [-0.25, -0.2) is 4.39 Å². The fourth-order valence-electron chi connectivity index (χ4n) is 4.01. The second-order valence-electron chi connectivity index (χ2n) is 7.33.